The molecule has 1 aromatic heterocycles. The average Bonchev–Trinajstić information content (AvgIpc) is 2.59. The number of carbonyl (C=O) groups excluding carboxylic acids is 1. The smallest absolute Gasteiger partial charge is 0.273 e. The number of fused-ring (bicyclic) bond motifs is 1. The van der Waals surface area contributed by atoms with E-state index in [1.54, 1.807) is 0 Å². The van der Waals surface area contributed by atoms with Crippen LogP contribution in [0.4, 0.5) is 0 Å². The van der Waals surface area contributed by atoms with Gasteiger partial charge in [0.15, 0.2) is 5.69 Å². The molecule has 0 aliphatic heterocycles. The summed E-state index contributed by atoms with van der Waals surface area (Å²) in [5.41, 5.74) is 1.50. The van der Waals surface area contributed by atoms with Crippen molar-refractivity contribution in [2.45, 2.75) is 45.6 Å². The first-order valence-corrected chi connectivity index (χ1v) is 5.46. The predicted molar refractivity (Wildman–Crippen MR) is 55.7 cm³/mol. The third kappa shape index (κ3) is 2.03. The summed E-state index contributed by atoms with van der Waals surface area (Å²) in [7, 11) is 0. The Morgan fingerprint density at radius 2 is 2.13 bits per heavy atom. The fourth-order valence-electron chi connectivity index (χ4n) is 1.89. The van der Waals surface area contributed by atoms with Crippen molar-refractivity contribution in [1.82, 2.24) is 10.5 Å². The van der Waals surface area contributed by atoms with Crippen LogP contribution in [0.25, 0.3) is 0 Å². The summed E-state index contributed by atoms with van der Waals surface area (Å²) in [6.07, 6.45) is 4.08. The average molecular weight is 208 g/mol. The first-order chi connectivity index (χ1) is 7.18. The molecule has 0 saturated carbocycles. The molecule has 1 N–H and O–H groups in total. The molecule has 2 rings (SSSR count). The van der Waals surface area contributed by atoms with Gasteiger partial charge in [-0.2, -0.15) is 0 Å². The van der Waals surface area contributed by atoms with Crippen LogP contribution in [0.2, 0.25) is 0 Å². The number of nitrogens with one attached hydrogen (secondary N) is 1. The number of carbonyl (C=O) groups is 1. The van der Waals surface area contributed by atoms with E-state index in [0.717, 1.165) is 37.0 Å². The van der Waals surface area contributed by atoms with Gasteiger partial charge in [-0.25, -0.2) is 0 Å². The van der Waals surface area contributed by atoms with E-state index in [2.05, 4.69) is 10.5 Å². The van der Waals surface area contributed by atoms with Crippen molar-refractivity contribution in [3.63, 3.8) is 0 Å². The van der Waals surface area contributed by atoms with E-state index in [1.807, 2.05) is 13.8 Å². The Bertz CT molecular complexity index is 369. The molecular formula is C11H16N2O2. The van der Waals surface area contributed by atoms with Gasteiger partial charge in [-0.3, -0.25) is 4.79 Å². The zero-order valence-electron chi connectivity index (χ0n) is 9.17. The quantitative estimate of drug-likeness (QED) is 0.804. The molecule has 0 aromatic carbocycles. The molecule has 82 valence electrons. The van der Waals surface area contributed by atoms with Gasteiger partial charge < -0.3 is 9.84 Å². The van der Waals surface area contributed by atoms with Gasteiger partial charge in [-0.05, 0) is 33.1 Å². The van der Waals surface area contributed by atoms with Gasteiger partial charge in [-0.15, -0.1) is 0 Å². The lowest BCUT2D eigenvalue weighted by Gasteiger charge is -2.10. The van der Waals surface area contributed by atoms with Gasteiger partial charge in [0.2, 0.25) is 0 Å². The van der Waals surface area contributed by atoms with Crippen LogP contribution in [0.1, 0.15) is 48.5 Å². The fourth-order valence-corrected chi connectivity index (χ4v) is 1.89. The van der Waals surface area contributed by atoms with Crippen LogP contribution in [-0.4, -0.2) is 17.1 Å². The number of nitrogens with zero attached hydrogens (tertiary/aromatic N) is 1. The van der Waals surface area contributed by atoms with Gasteiger partial charge in [0.25, 0.3) is 5.91 Å². The summed E-state index contributed by atoms with van der Waals surface area (Å²) < 4.78 is 5.18. The lowest BCUT2D eigenvalue weighted by atomic mass is 9.96. The van der Waals surface area contributed by atoms with Crippen molar-refractivity contribution >= 4 is 5.91 Å². The largest absolute Gasteiger partial charge is 0.360 e. The zero-order chi connectivity index (χ0) is 10.8. The van der Waals surface area contributed by atoms with E-state index in [9.17, 15) is 4.79 Å². The topological polar surface area (TPSA) is 55.1 Å². The minimum absolute atomic E-state index is 0.114. The van der Waals surface area contributed by atoms with Crippen LogP contribution in [-0.2, 0) is 12.8 Å². The maximum Gasteiger partial charge on any atom is 0.273 e. The lowest BCUT2D eigenvalue weighted by molar-refractivity contribution is 0.0933. The number of rotatable bonds is 2. The molecular weight excluding hydrogens is 192 g/mol. The van der Waals surface area contributed by atoms with Crippen LogP contribution in [0, 0.1) is 0 Å². The first-order valence-electron chi connectivity index (χ1n) is 5.46. The van der Waals surface area contributed by atoms with Gasteiger partial charge in [0.05, 0.1) is 0 Å². The minimum Gasteiger partial charge on any atom is -0.360 e. The molecule has 0 spiro atoms. The van der Waals surface area contributed by atoms with E-state index in [0.29, 0.717) is 5.69 Å². The SMILES string of the molecule is CC(C)NC(=O)c1noc2c1CCCC2. The summed E-state index contributed by atoms with van der Waals surface area (Å²) >= 11 is 0. The van der Waals surface area contributed by atoms with E-state index >= 15 is 0 Å². The maximum atomic E-state index is 11.8. The van der Waals surface area contributed by atoms with Crippen molar-refractivity contribution in [1.29, 1.82) is 0 Å². The highest BCUT2D eigenvalue weighted by molar-refractivity contribution is 5.94. The van der Waals surface area contributed by atoms with Gasteiger partial charge >= 0.3 is 0 Å². The summed E-state index contributed by atoms with van der Waals surface area (Å²) in [5.74, 6) is 0.784. The van der Waals surface area contributed by atoms with Crippen molar-refractivity contribution in [2.75, 3.05) is 0 Å². The summed E-state index contributed by atoms with van der Waals surface area (Å²) in [4.78, 5) is 11.8. The fraction of sp³-hybridized carbons (Fsp3) is 0.636. The zero-order valence-corrected chi connectivity index (χ0v) is 9.17. The second-order valence-corrected chi connectivity index (χ2v) is 4.27. The van der Waals surface area contributed by atoms with Crippen LogP contribution >= 0.6 is 0 Å². The standard InChI is InChI=1S/C11H16N2O2/c1-7(2)12-11(14)10-8-5-3-4-6-9(8)15-13-10/h7H,3-6H2,1-2H3,(H,12,14). The second-order valence-electron chi connectivity index (χ2n) is 4.27. The maximum absolute atomic E-state index is 11.8. The van der Waals surface area contributed by atoms with E-state index in [-0.39, 0.29) is 11.9 Å². The van der Waals surface area contributed by atoms with Crippen molar-refractivity contribution in [3.05, 3.63) is 17.0 Å². The highest BCUT2D eigenvalue weighted by atomic mass is 16.5. The Kier molecular flexibility index (Phi) is 2.75. The number of aromatic nitrogens is 1. The Labute approximate surface area is 89.0 Å². The van der Waals surface area contributed by atoms with E-state index in [4.69, 9.17) is 4.52 Å². The second kappa shape index (κ2) is 4.04. The minimum atomic E-state index is -0.114. The van der Waals surface area contributed by atoms with Gasteiger partial charge in [0, 0.05) is 18.0 Å². The van der Waals surface area contributed by atoms with Crippen molar-refractivity contribution in [2.24, 2.45) is 0 Å². The van der Waals surface area contributed by atoms with Crippen LogP contribution in [0.3, 0.4) is 0 Å². The highest BCUT2D eigenvalue weighted by Crippen LogP contribution is 2.23. The Balaban J connectivity index is 2.21. The third-order valence-electron chi connectivity index (χ3n) is 2.59. The van der Waals surface area contributed by atoms with E-state index < -0.39 is 0 Å². The number of hydrogen-bond donors (Lipinski definition) is 1. The van der Waals surface area contributed by atoms with Crippen molar-refractivity contribution in [3.8, 4) is 0 Å². The lowest BCUT2D eigenvalue weighted by Crippen LogP contribution is -2.31. The van der Waals surface area contributed by atoms with Crippen LogP contribution in [0.15, 0.2) is 4.52 Å². The molecule has 0 unspecified atom stereocenters. The first kappa shape index (κ1) is 10.2. The molecule has 1 aliphatic carbocycles. The van der Waals surface area contributed by atoms with Crippen LogP contribution in [0.5, 0.6) is 0 Å². The molecule has 4 heteroatoms. The molecule has 1 heterocycles. The summed E-state index contributed by atoms with van der Waals surface area (Å²) in [6.45, 7) is 3.87. The molecule has 0 bridgehead atoms. The number of hydrogen-bond acceptors (Lipinski definition) is 3. The molecule has 4 nitrogen and oxygen atoms in total. The van der Waals surface area contributed by atoms with Crippen LogP contribution < -0.4 is 5.32 Å². The molecule has 0 fully saturated rings. The highest BCUT2D eigenvalue weighted by Gasteiger charge is 2.23. The Morgan fingerprint density at radius 3 is 2.87 bits per heavy atom. The van der Waals surface area contributed by atoms with Crippen molar-refractivity contribution < 1.29 is 9.32 Å². The molecule has 0 saturated heterocycles. The Morgan fingerprint density at radius 1 is 1.40 bits per heavy atom. The van der Waals surface area contributed by atoms with Gasteiger partial charge in [0.1, 0.15) is 5.76 Å². The molecule has 1 aromatic rings. The molecule has 0 atom stereocenters. The molecule has 0 radical (unpaired) electrons. The molecule has 1 aliphatic rings. The van der Waals surface area contributed by atoms with Gasteiger partial charge in [-0.1, -0.05) is 5.16 Å². The molecule has 15 heavy (non-hydrogen) atoms. The number of aryl methyl sites for hydroxylation is 1. The third-order valence-corrected chi connectivity index (χ3v) is 2.59. The monoisotopic (exact) mass is 208 g/mol. The predicted octanol–water partition coefficient (Wildman–Crippen LogP) is 1.69. The normalized spacial score (nSPS) is 15.1. The molecule has 1 amide bonds. The van der Waals surface area contributed by atoms with E-state index in [1.165, 1.54) is 0 Å². The summed E-state index contributed by atoms with van der Waals surface area (Å²) in [5, 5.41) is 6.70. The number of amides is 1. The summed E-state index contributed by atoms with van der Waals surface area (Å²) in [6, 6.07) is 0.133. The Hall–Kier alpha value is -1.32.